The normalized spacial score (nSPS) is 16.1. The van der Waals surface area contributed by atoms with Crippen LogP contribution >= 0.6 is 11.6 Å². The zero-order valence-corrected chi connectivity index (χ0v) is 15.1. The van der Waals surface area contributed by atoms with E-state index < -0.39 is 0 Å². The Hall–Kier alpha value is -2.05. The lowest BCUT2D eigenvalue weighted by molar-refractivity contribution is -0.121. The average molecular weight is 364 g/mol. The van der Waals surface area contributed by atoms with Crippen molar-refractivity contribution in [3.05, 3.63) is 40.2 Å². The van der Waals surface area contributed by atoms with E-state index in [1.54, 1.807) is 12.1 Å². The maximum Gasteiger partial charge on any atom is 0.227 e. The van der Waals surface area contributed by atoms with Crippen LogP contribution < -0.4 is 5.32 Å². The molecule has 1 amide bonds. The summed E-state index contributed by atoms with van der Waals surface area (Å²) in [6.07, 6.45) is 1.55. The third-order valence-electron chi connectivity index (χ3n) is 4.74. The molecule has 2 heterocycles. The van der Waals surface area contributed by atoms with Crippen molar-refractivity contribution in [2.75, 3.05) is 18.4 Å². The largest absolute Gasteiger partial charge is 0.506 e. The maximum absolute atomic E-state index is 12.5. The molecule has 1 aromatic carbocycles. The average Bonchev–Trinajstić information content (AvgIpc) is 2.91. The van der Waals surface area contributed by atoms with Crippen molar-refractivity contribution in [2.45, 2.75) is 33.2 Å². The van der Waals surface area contributed by atoms with Gasteiger partial charge in [0.25, 0.3) is 0 Å². The van der Waals surface area contributed by atoms with Crippen molar-refractivity contribution in [3.63, 3.8) is 0 Å². The molecular weight excluding hydrogens is 342 g/mol. The number of rotatable bonds is 4. The number of hydrogen-bond acceptors (Lipinski definition) is 5. The number of likely N-dealkylation sites (tertiary alicyclic amines) is 1. The van der Waals surface area contributed by atoms with Crippen molar-refractivity contribution < 1.29 is 14.4 Å². The highest BCUT2D eigenvalue weighted by Gasteiger charge is 2.26. The Kier molecular flexibility index (Phi) is 5.30. The number of halogens is 1. The van der Waals surface area contributed by atoms with Crippen LogP contribution in [0.5, 0.6) is 5.75 Å². The minimum Gasteiger partial charge on any atom is -0.506 e. The predicted octanol–water partition coefficient (Wildman–Crippen LogP) is 3.50. The Morgan fingerprint density at radius 1 is 1.40 bits per heavy atom. The Labute approximate surface area is 151 Å². The molecule has 0 atom stereocenters. The van der Waals surface area contributed by atoms with Gasteiger partial charge in [0.15, 0.2) is 0 Å². The number of nitrogens with one attached hydrogen (secondary N) is 1. The monoisotopic (exact) mass is 363 g/mol. The van der Waals surface area contributed by atoms with Gasteiger partial charge in [-0.3, -0.25) is 9.69 Å². The second-order valence-electron chi connectivity index (χ2n) is 6.50. The summed E-state index contributed by atoms with van der Waals surface area (Å²) in [5.41, 5.74) is 2.41. The van der Waals surface area contributed by atoms with E-state index in [1.807, 2.05) is 13.8 Å². The minimum atomic E-state index is -0.0745. The van der Waals surface area contributed by atoms with Crippen LogP contribution in [0.3, 0.4) is 0 Å². The van der Waals surface area contributed by atoms with Gasteiger partial charge in [-0.2, -0.15) is 0 Å². The first-order valence-electron chi connectivity index (χ1n) is 8.37. The van der Waals surface area contributed by atoms with Gasteiger partial charge >= 0.3 is 0 Å². The molecule has 3 rings (SSSR count). The number of phenolic OH excluding ortho intramolecular Hbond substituents is 1. The summed E-state index contributed by atoms with van der Waals surface area (Å²) in [4.78, 5) is 14.8. The van der Waals surface area contributed by atoms with Gasteiger partial charge in [-0.15, -0.1) is 0 Å². The van der Waals surface area contributed by atoms with E-state index >= 15 is 0 Å². The van der Waals surface area contributed by atoms with Crippen LogP contribution in [-0.2, 0) is 11.3 Å². The molecule has 1 saturated heterocycles. The van der Waals surface area contributed by atoms with Gasteiger partial charge in [-0.05, 0) is 58.0 Å². The van der Waals surface area contributed by atoms with Gasteiger partial charge in [0.1, 0.15) is 11.5 Å². The smallest absolute Gasteiger partial charge is 0.227 e. The van der Waals surface area contributed by atoms with Crippen molar-refractivity contribution >= 4 is 23.2 Å². The van der Waals surface area contributed by atoms with E-state index in [2.05, 4.69) is 15.4 Å². The van der Waals surface area contributed by atoms with Gasteiger partial charge in [0.2, 0.25) is 5.91 Å². The third kappa shape index (κ3) is 4.14. The molecule has 25 heavy (non-hydrogen) atoms. The fourth-order valence-electron chi connectivity index (χ4n) is 3.15. The highest BCUT2D eigenvalue weighted by Crippen LogP contribution is 2.28. The molecule has 134 valence electrons. The molecule has 2 aromatic rings. The summed E-state index contributed by atoms with van der Waals surface area (Å²) in [5, 5.41) is 17.1. The minimum absolute atomic E-state index is 0.0218. The SMILES string of the molecule is Cc1noc(C)c1CN1CCC(C(=O)Nc2cc(Cl)ccc2O)CC1. The number of nitrogens with zero attached hydrogens (tertiary/aromatic N) is 2. The molecule has 6 nitrogen and oxygen atoms in total. The molecule has 1 aliphatic heterocycles. The van der Waals surface area contributed by atoms with Crippen LogP contribution in [0.2, 0.25) is 5.02 Å². The van der Waals surface area contributed by atoms with E-state index in [9.17, 15) is 9.90 Å². The summed E-state index contributed by atoms with van der Waals surface area (Å²) in [7, 11) is 0. The Balaban J connectivity index is 1.55. The molecule has 2 N–H and O–H groups in total. The number of benzene rings is 1. The number of phenols is 1. The fourth-order valence-corrected chi connectivity index (χ4v) is 3.32. The number of hydrogen-bond donors (Lipinski definition) is 2. The van der Waals surface area contributed by atoms with Gasteiger partial charge in [0, 0.05) is 23.0 Å². The molecule has 0 radical (unpaired) electrons. The number of aromatic nitrogens is 1. The molecule has 1 aromatic heterocycles. The van der Waals surface area contributed by atoms with Crippen LogP contribution in [0.15, 0.2) is 22.7 Å². The summed E-state index contributed by atoms with van der Waals surface area (Å²) in [6.45, 7) is 6.34. The van der Waals surface area contributed by atoms with E-state index in [1.165, 1.54) is 6.07 Å². The lowest BCUT2D eigenvalue weighted by atomic mass is 9.95. The first kappa shape index (κ1) is 17.8. The Morgan fingerprint density at radius 2 is 2.12 bits per heavy atom. The van der Waals surface area contributed by atoms with E-state index in [4.69, 9.17) is 16.1 Å². The standard InChI is InChI=1S/C18H22ClN3O3/c1-11-15(12(2)25-21-11)10-22-7-5-13(6-8-22)18(24)20-16-9-14(19)3-4-17(16)23/h3-4,9,13,23H,5-8,10H2,1-2H3,(H,20,24). The lowest BCUT2D eigenvalue weighted by Gasteiger charge is -2.31. The predicted molar refractivity (Wildman–Crippen MR) is 95.7 cm³/mol. The van der Waals surface area contributed by atoms with Crippen LogP contribution in [-0.4, -0.2) is 34.2 Å². The molecule has 0 spiro atoms. The van der Waals surface area contributed by atoms with Gasteiger partial charge in [0.05, 0.1) is 11.4 Å². The molecule has 1 aliphatic rings. The van der Waals surface area contributed by atoms with Crippen molar-refractivity contribution in [2.24, 2.45) is 5.92 Å². The van der Waals surface area contributed by atoms with Crippen molar-refractivity contribution in [1.82, 2.24) is 10.1 Å². The topological polar surface area (TPSA) is 78.6 Å². The van der Waals surface area contributed by atoms with Crippen molar-refractivity contribution in [1.29, 1.82) is 0 Å². The second-order valence-corrected chi connectivity index (χ2v) is 6.94. The number of carbonyl (C=O) groups excluding carboxylic acids is 1. The van der Waals surface area contributed by atoms with Gasteiger partial charge in [-0.1, -0.05) is 16.8 Å². The molecule has 0 saturated carbocycles. The molecule has 7 heteroatoms. The fraction of sp³-hybridized carbons (Fsp3) is 0.444. The van der Waals surface area contributed by atoms with E-state index in [0.717, 1.165) is 49.5 Å². The highest BCUT2D eigenvalue weighted by molar-refractivity contribution is 6.31. The summed E-state index contributed by atoms with van der Waals surface area (Å²) in [5.74, 6) is 0.733. The maximum atomic E-state index is 12.5. The van der Waals surface area contributed by atoms with Crippen LogP contribution in [0.25, 0.3) is 0 Å². The number of anilines is 1. The third-order valence-corrected chi connectivity index (χ3v) is 4.97. The molecule has 0 bridgehead atoms. The molecular formula is C18H22ClN3O3. The molecule has 1 fully saturated rings. The Bertz CT molecular complexity index is 747. The molecule has 0 aliphatic carbocycles. The van der Waals surface area contributed by atoms with E-state index in [0.29, 0.717) is 10.7 Å². The Morgan fingerprint density at radius 3 is 2.76 bits per heavy atom. The number of carbonyl (C=O) groups is 1. The number of aromatic hydroxyl groups is 1. The second kappa shape index (κ2) is 7.45. The first-order chi connectivity index (χ1) is 11.9. The van der Waals surface area contributed by atoms with Crippen LogP contribution in [0.4, 0.5) is 5.69 Å². The zero-order chi connectivity index (χ0) is 18.0. The van der Waals surface area contributed by atoms with Gasteiger partial charge in [-0.25, -0.2) is 0 Å². The summed E-state index contributed by atoms with van der Waals surface area (Å²) >= 11 is 5.92. The highest BCUT2D eigenvalue weighted by atomic mass is 35.5. The quantitative estimate of drug-likeness (QED) is 0.813. The number of piperidine rings is 1. The molecule has 0 unspecified atom stereocenters. The zero-order valence-electron chi connectivity index (χ0n) is 14.4. The first-order valence-corrected chi connectivity index (χ1v) is 8.75. The summed E-state index contributed by atoms with van der Waals surface area (Å²) < 4.78 is 5.21. The van der Waals surface area contributed by atoms with Crippen LogP contribution in [0, 0.1) is 19.8 Å². The number of aryl methyl sites for hydroxylation is 2. The van der Waals surface area contributed by atoms with E-state index in [-0.39, 0.29) is 17.6 Å². The number of amides is 1. The van der Waals surface area contributed by atoms with Crippen molar-refractivity contribution in [3.8, 4) is 5.75 Å². The van der Waals surface area contributed by atoms with Crippen LogP contribution in [0.1, 0.15) is 29.9 Å². The summed E-state index contributed by atoms with van der Waals surface area (Å²) in [6, 6.07) is 4.62. The van der Waals surface area contributed by atoms with Gasteiger partial charge < -0.3 is 14.9 Å². The lowest BCUT2D eigenvalue weighted by Crippen LogP contribution is -2.37.